The molecule has 0 aliphatic carbocycles. The molecule has 0 bridgehead atoms. The Morgan fingerprint density at radius 3 is 2.29 bits per heavy atom. The molecular formula is C4H10O2S. The van der Waals surface area contributed by atoms with Gasteiger partial charge in [-0.25, -0.2) is 0 Å². The van der Waals surface area contributed by atoms with Crippen LogP contribution in [0.2, 0.25) is 0 Å². The summed E-state index contributed by atoms with van der Waals surface area (Å²) in [6.45, 7) is 1.71. The first-order valence-corrected chi connectivity index (χ1v) is 2.02. The van der Waals surface area contributed by atoms with Crippen molar-refractivity contribution < 1.29 is 8.98 Å². The third-order valence-electron chi connectivity index (χ3n) is 0.390. The maximum Gasteiger partial charge on any atom is 0.317 e. The molecule has 7 heavy (non-hydrogen) atoms. The highest BCUT2D eigenvalue weighted by molar-refractivity contribution is 7.75. The SMILES string of the molecule is C.CCC(=O)OS. The fourth-order valence-corrected chi connectivity index (χ4v) is 0.194. The summed E-state index contributed by atoms with van der Waals surface area (Å²) in [7, 11) is 0. The lowest BCUT2D eigenvalue weighted by atomic mass is 10.5. The van der Waals surface area contributed by atoms with Gasteiger partial charge in [-0.3, -0.25) is 4.79 Å². The summed E-state index contributed by atoms with van der Waals surface area (Å²) in [6.07, 6.45) is 0.392. The highest BCUT2D eigenvalue weighted by Crippen LogP contribution is 1.84. The van der Waals surface area contributed by atoms with Crippen molar-refractivity contribution in [1.82, 2.24) is 0 Å². The third-order valence-corrected chi connectivity index (χ3v) is 0.594. The van der Waals surface area contributed by atoms with Crippen LogP contribution in [0.1, 0.15) is 20.8 Å². The number of hydrogen-bond acceptors (Lipinski definition) is 3. The van der Waals surface area contributed by atoms with Gasteiger partial charge in [-0.05, 0) is 0 Å². The Labute approximate surface area is 49.5 Å². The Kier molecular flexibility index (Phi) is 8.27. The van der Waals surface area contributed by atoms with Crippen LogP contribution in [0, 0.1) is 0 Å². The molecule has 0 aromatic carbocycles. The summed E-state index contributed by atoms with van der Waals surface area (Å²) in [5.41, 5.74) is 0. The lowest BCUT2D eigenvalue weighted by molar-refractivity contribution is -0.132. The van der Waals surface area contributed by atoms with Crippen LogP contribution in [0.3, 0.4) is 0 Å². The zero-order valence-electron chi connectivity index (χ0n) is 3.47. The molecule has 0 spiro atoms. The molecule has 44 valence electrons. The van der Waals surface area contributed by atoms with Gasteiger partial charge in [-0.2, -0.15) is 0 Å². The van der Waals surface area contributed by atoms with Gasteiger partial charge in [0.1, 0.15) is 0 Å². The van der Waals surface area contributed by atoms with Gasteiger partial charge in [0.05, 0.1) is 0 Å². The van der Waals surface area contributed by atoms with Gasteiger partial charge < -0.3 is 4.18 Å². The van der Waals surface area contributed by atoms with E-state index in [1.54, 1.807) is 6.92 Å². The fourth-order valence-electron chi connectivity index (χ4n) is 0.0645. The lowest BCUT2D eigenvalue weighted by Crippen LogP contribution is -1.90. The van der Waals surface area contributed by atoms with Gasteiger partial charge >= 0.3 is 5.97 Å². The van der Waals surface area contributed by atoms with E-state index in [4.69, 9.17) is 0 Å². The highest BCUT2D eigenvalue weighted by atomic mass is 32.1. The van der Waals surface area contributed by atoms with Crippen molar-refractivity contribution in [2.45, 2.75) is 20.8 Å². The van der Waals surface area contributed by atoms with Crippen LogP contribution in [-0.4, -0.2) is 5.97 Å². The molecule has 0 unspecified atom stereocenters. The van der Waals surface area contributed by atoms with Crippen LogP contribution < -0.4 is 0 Å². The minimum atomic E-state index is -0.293. The second-order valence-corrected chi connectivity index (χ2v) is 0.999. The Morgan fingerprint density at radius 2 is 2.29 bits per heavy atom. The van der Waals surface area contributed by atoms with Gasteiger partial charge in [0.2, 0.25) is 0 Å². The number of thiol groups is 1. The van der Waals surface area contributed by atoms with Crippen molar-refractivity contribution in [3.05, 3.63) is 0 Å². The van der Waals surface area contributed by atoms with Gasteiger partial charge in [0.15, 0.2) is 0 Å². The lowest BCUT2D eigenvalue weighted by Gasteiger charge is -1.84. The van der Waals surface area contributed by atoms with Crippen molar-refractivity contribution >= 4 is 18.9 Å². The molecule has 0 heterocycles. The van der Waals surface area contributed by atoms with Crippen molar-refractivity contribution in [2.75, 3.05) is 0 Å². The molecule has 0 aromatic rings. The monoisotopic (exact) mass is 122 g/mol. The second kappa shape index (κ2) is 5.82. The molecule has 0 radical (unpaired) electrons. The third kappa shape index (κ3) is 5.82. The van der Waals surface area contributed by atoms with Crippen LogP contribution in [0.5, 0.6) is 0 Å². The van der Waals surface area contributed by atoms with Gasteiger partial charge in [0.25, 0.3) is 0 Å². The molecule has 0 aromatic heterocycles. The summed E-state index contributed by atoms with van der Waals surface area (Å²) in [6, 6.07) is 0. The van der Waals surface area contributed by atoms with Crippen LogP contribution in [0.4, 0.5) is 0 Å². The average molecular weight is 122 g/mol. The van der Waals surface area contributed by atoms with E-state index in [1.165, 1.54) is 0 Å². The summed E-state index contributed by atoms with van der Waals surface area (Å²) in [5.74, 6) is -0.293. The van der Waals surface area contributed by atoms with Crippen molar-refractivity contribution in [3.63, 3.8) is 0 Å². The summed E-state index contributed by atoms with van der Waals surface area (Å²) in [4.78, 5) is 9.88. The molecule has 0 fully saturated rings. The van der Waals surface area contributed by atoms with E-state index < -0.39 is 0 Å². The summed E-state index contributed by atoms with van der Waals surface area (Å²) >= 11 is 3.25. The van der Waals surface area contributed by atoms with Gasteiger partial charge in [-0.15, -0.1) is 0 Å². The Morgan fingerprint density at radius 1 is 1.86 bits per heavy atom. The van der Waals surface area contributed by atoms with E-state index in [0.717, 1.165) is 0 Å². The smallest absolute Gasteiger partial charge is 0.317 e. The summed E-state index contributed by atoms with van der Waals surface area (Å²) < 4.78 is 3.95. The Bertz CT molecular complexity index is 47.7. The first kappa shape index (κ1) is 9.94. The quantitative estimate of drug-likeness (QED) is 0.420. The molecule has 0 rings (SSSR count). The molecule has 0 amide bonds. The van der Waals surface area contributed by atoms with E-state index >= 15 is 0 Å². The van der Waals surface area contributed by atoms with E-state index in [9.17, 15) is 4.79 Å². The van der Waals surface area contributed by atoms with Crippen molar-refractivity contribution in [1.29, 1.82) is 0 Å². The predicted octanol–water partition coefficient (Wildman–Crippen LogP) is 1.42. The van der Waals surface area contributed by atoms with Crippen molar-refractivity contribution in [3.8, 4) is 0 Å². The first-order valence-electron chi connectivity index (χ1n) is 1.65. The second-order valence-electron chi connectivity index (χ2n) is 0.817. The maximum atomic E-state index is 9.88. The van der Waals surface area contributed by atoms with Gasteiger partial charge in [-0.1, -0.05) is 14.4 Å². The minimum Gasteiger partial charge on any atom is -0.395 e. The molecule has 0 N–H and O–H groups in total. The van der Waals surface area contributed by atoms with Gasteiger partial charge in [0, 0.05) is 19.3 Å². The van der Waals surface area contributed by atoms with E-state index in [1.807, 2.05) is 0 Å². The molecular weight excluding hydrogens is 112 g/mol. The normalized spacial score (nSPS) is 6.57. The summed E-state index contributed by atoms with van der Waals surface area (Å²) in [5, 5.41) is 0. The first-order chi connectivity index (χ1) is 2.81. The number of rotatable bonds is 1. The zero-order chi connectivity index (χ0) is 4.99. The fraction of sp³-hybridized carbons (Fsp3) is 0.750. The molecule has 2 nitrogen and oxygen atoms in total. The number of carbonyl (C=O) groups is 1. The van der Waals surface area contributed by atoms with Crippen LogP contribution in [0.25, 0.3) is 0 Å². The molecule has 0 atom stereocenters. The van der Waals surface area contributed by atoms with E-state index in [2.05, 4.69) is 17.1 Å². The van der Waals surface area contributed by atoms with Crippen LogP contribution >= 0.6 is 12.9 Å². The number of hydrogen-bond donors (Lipinski definition) is 1. The van der Waals surface area contributed by atoms with Crippen molar-refractivity contribution in [2.24, 2.45) is 0 Å². The van der Waals surface area contributed by atoms with Crippen LogP contribution in [0.15, 0.2) is 0 Å². The predicted molar refractivity (Wildman–Crippen MR) is 32.1 cm³/mol. The highest BCUT2D eigenvalue weighted by Gasteiger charge is 1.89. The van der Waals surface area contributed by atoms with E-state index in [0.29, 0.717) is 6.42 Å². The van der Waals surface area contributed by atoms with Crippen LogP contribution in [-0.2, 0) is 8.98 Å². The average Bonchev–Trinajstić information content (AvgIpc) is 1.65. The number of carbonyl (C=O) groups excluding carboxylic acids is 1. The topological polar surface area (TPSA) is 26.3 Å². The van der Waals surface area contributed by atoms with E-state index in [-0.39, 0.29) is 13.4 Å². The zero-order valence-corrected chi connectivity index (χ0v) is 4.37. The standard InChI is InChI=1S/C3H6O2S.CH4/c1-2-3(4)5-6;/h6H,2H2,1H3;1H4. The molecule has 0 aliphatic heterocycles. The molecule has 3 heteroatoms. The maximum absolute atomic E-state index is 9.88. The minimum absolute atomic E-state index is 0. The Hall–Kier alpha value is -0.180. The molecule has 0 saturated carbocycles. The molecule has 0 saturated heterocycles. The molecule has 0 aliphatic rings. The largest absolute Gasteiger partial charge is 0.395 e. The Balaban J connectivity index is 0.